The van der Waals surface area contributed by atoms with Crippen LogP contribution in [0.25, 0.3) is 0 Å². The Morgan fingerprint density at radius 2 is 1.92 bits per heavy atom. The van der Waals surface area contributed by atoms with Gasteiger partial charge in [-0.15, -0.1) is 0 Å². The minimum absolute atomic E-state index is 0.0249. The second-order valence-corrected chi connectivity index (χ2v) is 7.08. The van der Waals surface area contributed by atoms with Gasteiger partial charge in [-0.25, -0.2) is 0 Å². The monoisotopic (exact) mass is 330 g/mol. The van der Waals surface area contributed by atoms with Crippen molar-refractivity contribution in [3.05, 3.63) is 29.8 Å². The number of esters is 1. The fourth-order valence-corrected chi connectivity index (χ4v) is 4.31. The molecule has 3 rings (SSSR count). The minimum Gasteiger partial charge on any atom is -0.496 e. The van der Waals surface area contributed by atoms with Crippen molar-refractivity contribution >= 4 is 11.8 Å². The van der Waals surface area contributed by atoms with E-state index in [0.29, 0.717) is 18.8 Å². The molecule has 1 aromatic rings. The zero-order valence-corrected chi connectivity index (χ0v) is 14.4. The highest BCUT2D eigenvalue weighted by Crippen LogP contribution is 2.43. The summed E-state index contributed by atoms with van der Waals surface area (Å²) in [4.78, 5) is 24.1. The number of hydrogen-bond donors (Lipinski definition) is 0. The number of para-hydroxylation sites is 1. The fourth-order valence-electron chi connectivity index (χ4n) is 4.31. The van der Waals surface area contributed by atoms with E-state index in [1.165, 1.54) is 6.42 Å². The van der Waals surface area contributed by atoms with Gasteiger partial charge < -0.3 is 9.47 Å². The van der Waals surface area contributed by atoms with Crippen molar-refractivity contribution in [1.29, 1.82) is 0 Å². The maximum Gasteiger partial charge on any atom is 0.313 e. The summed E-state index contributed by atoms with van der Waals surface area (Å²) in [7, 11) is 1.67. The molecule has 1 saturated heterocycles. The number of methoxy groups -OCH3 is 1. The van der Waals surface area contributed by atoms with Crippen molar-refractivity contribution in [2.45, 2.75) is 63.4 Å². The molecule has 2 fully saturated rings. The van der Waals surface area contributed by atoms with Gasteiger partial charge in [0, 0.05) is 6.42 Å². The number of carbonyl (C=O) groups excluding carboxylic acids is 2. The molecule has 0 spiro atoms. The first-order valence-electron chi connectivity index (χ1n) is 8.98. The van der Waals surface area contributed by atoms with Gasteiger partial charge in [0.1, 0.15) is 23.6 Å². The number of carbonyl (C=O) groups is 2. The Bertz CT molecular complexity index is 585. The molecule has 130 valence electrons. The SMILES string of the molecule is COc1ccccc1CCC1(C2CCCCC2)CC(=O)CC(=O)O1. The molecule has 0 aromatic heterocycles. The summed E-state index contributed by atoms with van der Waals surface area (Å²) < 4.78 is 11.3. The quantitative estimate of drug-likeness (QED) is 0.608. The molecule has 1 aromatic carbocycles. The topological polar surface area (TPSA) is 52.6 Å². The van der Waals surface area contributed by atoms with Gasteiger partial charge >= 0.3 is 5.97 Å². The molecule has 0 radical (unpaired) electrons. The second kappa shape index (κ2) is 7.37. The van der Waals surface area contributed by atoms with Crippen molar-refractivity contribution in [2.75, 3.05) is 7.11 Å². The van der Waals surface area contributed by atoms with Crippen molar-refractivity contribution in [1.82, 2.24) is 0 Å². The average Bonchev–Trinajstić information content (AvgIpc) is 2.60. The van der Waals surface area contributed by atoms with Crippen LogP contribution >= 0.6 is 0 Å². The molecule has 1 saturated carbocycles. The third-order valence-corrected chi connectivity index (χ3v) is 5.51. The zero-order chi connectivity index (χ0) is 17.0. The fraction of sp³-hybridized carbons (Fsp3) is 0.600. The predicted molar refractivity (Wildman–Crippen MR) is 91.0 cm³/mol. The summed E-state index contributed by atoms with van der Waals surface area (Å²) in [5, 5.41) is 0. The molecular weight excluding hydrogens is 304 g/mol. The molecule has 4 nitrogen and oxygen atoms in total. The van der Waals surface area contributed by atoms with E-state index in [2.05, 4.69) is 0 Å². The van der Waals surface area contributed by atoms with Crippen molar-refractivity contribution < 1.29 is 19.1 Å². The highest BCUT2D eigenvalue weighted by molar-refractivity contribution is 5.98. The summed E-state index contributed by atoms with van der Waals surface area (Å²) in [5.41, 5.74) is 0.484. The lowest BCUT2D eigenvalue weighted by Gasteiger charge is -2.44. The van der Waals surface area contributed by atoms with Crippen LogP contribution in [-0.4, -0.2) is 24.5 Å². The molecule has 0 bridgehead atoms. The number of rotatable bonds is 5. The smallest absolute Gasteiger partial charge is 0.313 e. The Morgan fingerprint density at radius 3 is 2.62 bits per heavy atom. The Kier molecular flexibility index (Phi) is 5.22. The predicted octanol–water partition coefficient (Wildman–Crippen LogP) is 3.85. The molecule has 1 unspecified atom stereocenters. The number of hydrogen-bond acceptors (Lipinski definition) is 4. The maximum absolute atomic E-state index is 12.1. The van der Waals surface area contributed by atoms with Crippen LogP contribution in [-0.2, 0) is 20.7 Å². The lowest BCUT2D eigenvalue weighted by molar-refractivity contribution is -0.180. The van der Waals surface area contributed by atoms with Gasteiger partial charge in [0.15, 0.2) is 0 Å². The maximum atomic E-state index is 12.1. The summed E-state index contributed by atoms with van der Waals surface area (Å²) in [6.07, 6.45) is 7.40. The summed E-state index contributed by atoms with van der Waals surface area (Å²) in [5.74, 6) is 0.826. The van der Waals surface area contributed by atoms with Gasteiger partial charge in [-0.2, -0.15) is 0 Å². The van der Waals surface area contributed by atoms with E-state index in [4.69, 9.17) is 9.47 Å². The Labute approximate surface area is 143 Å². The Morgan fingerprint density at radius 1 is 1.17 bits per heavy atom. The van der Waals surface area contributed by atoms with E-state index in [1.807, 2.05) is 24.3 Å². The summed E-state index contributed by atoms with van der Waals surface area (Å²) in [6, 6.07) is 7.92. The molecule has 1 atom stereocenters. The van der Waals surface area contributed by atoms with E-state index in [0.717, 1.165) is 43.4 Å². The van der Waals surface area contributed by atoms with Gasteiger partial charge in [-0.3, -0.25) is 9.59 Å². The molecule has 0 amide bonds. The van der Waals surface area contributed by atoms with Crippen LogP contribution in [0.15, 0.2) is 24.3 Å². The molecule has 24 heavy (non-hydrogen) atoms. The van der Waals surface area contributed by atoms with E-state index in [9.17, 15) is 9.59 Å². The largest absolute Gasteiger partial charge is 0.496 e. The van der Waals surface area contributed by atoms with Crippen LogP contribution in [0.3, 0.4) is 0 Å². The van der Waals surface area contributed by atoms with E-state index >= 15 is 0 Å². The van der Waals surface area contributed by atoms with E-state index < -0.39 is 5.60 Å². The average molecular weight is 330 g/mol. The van der Waals surface area contributed by atoms with Crippen LogP contribution in [0.1, 0.15) is 56.9 Å². The lowest BCUT2D eigenvalue weighted by atomic mass is 9.70. The van der Waals surface area contributed by atoms with E-state index in [1.54, 1.807) is 7.11 Å². The highest BCUT2D eigenvalue weighted by Gasteiger charge is 2.47. The molecule has 1 aliphatic heterocycles. The van der Waals surface area contributed by atoms with Crippen LogP contribution in [0.4, 0.5) is 0 Å². The third kappa shape index (κ3) is 3.63. The van der Waals surface area contributed by atoms with Crippen LogP contribution in [0.5, 0.6) is 5.75 Å². The first-order valence-corrected chi connectivity index (χ1v) is 8.98. The van der Waals surface area contributed by atoms with E-state index in [-0.39, 0.29) is 18.2 Å². The number of ether oxygens (including phenoxy) is 2. The van der Waals surface area contributed by atoms with Gasteiger partial charge in [-0.1, -0.05) is 37.5 Å². The van der Waals surface area contributed by atoms with Crippen LogP contribution < -0.4 is 4.74 Å². The first-order chi connectivity index (χ1) is 11.6. The minimum atomic E-state index is -0.617. The van der Waals surface area contributed by atoms with Crippen LogP contribution in [0.2, 0.25) is 0 Å². The van der Waals surface area contributed by atoms with Gasteiger partial charge in [0.2, 0.25) is 0 Å². The summed E-state index contributed by atoms with van der Waals surface area (Å²) in [6.45, 7) is 0. The van der Waals surface area contributed by atoms with Gasteiger partial charge in [-0.05, 0) is 43.2 Å². The van der Waals surface area contributed by atoms with Gasteiger partial charge in [0.25, 0.3) is 0 Å². The van der Waals surface area contributed by atoms with Crippen LogP contribution in [0, 0.1) is 5.92 Å². The van der Waals surface area contributed by atoms with Crippen molar-refractivity contribution in [3.8, 4) is 5.75 Å². The second-order valence-electron chi connectivity index (χ2n) is 7.08. The Balaban J connectivity index is 1.81. The third-order valence-electron chi connectivity index (χ3n) is 5.51. The zero-order valence-electron chi connectivity index (χ0n) is 14.4. The standard InChI is InChI=1S/C20H26O4/c1-23-18-10-6-5-7-15(18)11-12-20(16-8-3-2-4-9-16)14-17(21)13-19(22)24-20/h5-7,10,16H,2-4,8-9,11-14H2,1H3. The normalized spacial score (nSPS) is 25.4. The molecule has 1 heterocycles. The number of aryl methyl sites for hydroxylation is 1. The first kappa shape index (κ1) is 17.0. The highest BCUT2D eigenvalue weighted by atomic mass is 16.6. The summed E-state index contributed by atoms with van der Waals surface area (Å²) >= 11 is 0. The number of Topliss-reactive ketones (excluding diaryl/α,β-unsaturated/α-hetero) is 1. The van der Waals surface area contributed by atoms with Gasteiger partial charge in [0.05, 0.1) is 7.11 Å². The number of cyclic esters (lactones) is 1. The molecule has 4 heteroatoms. The lowest BCUT2D eigenvalue weighted by Crippen LogP contribution is -2.49. The molecule has 2 aliphatic rings. The molecule has 1 aliphatic carbocycles. The number of benzene rings is 1. The number of ketones is 1. The Hall–Kier alpha value is -1.84. The van der Waals surface area contributed by atoms with Crippen molar-refractivity contribution in [2.24, 2.45) is 5.92 Å². The molecular formula is C20H26O4. The molecule has 0 N–H and O–H groups in total. The van der Waals surface area contributed by atoms with Crippen molar-refractivity contribution in [3.63, 3.8) is 0 Å².